The summed E-state index contributed by atoms with van der Waals surface area (Å²) in [4.78, 5) is 17.8. The number of benzene rings is 2. The van der Waals surface area contributed by atoms with Gasteiger partial charge in [0, 0.05) is 34.3 Å². The molecule has 2 aromatic carbocycles. The van der Waals surface area contributed by atoms with E-state index in [1.54, 1.807) is 0 Å². The summed E-state index contributed by atoms with van der Waals surface area (Å²) in [5.41, 5.74) is 10.6. The number of terminal acetylenes is 2. The van der Waals surface area contributed by atoms with Crippen LogP contribution in [0.3, 0.4) is 0 Å². The van der Waals surface area contributed by atoms with Crippen molar-refractivity contribution < 1.29 is 18.9 Å². The molecule has 0 atom stereocenters. The Bertz CT molecular complexity index is 2530. The molecule has 0 spiro atoms. The Morgan fingerprint density at radius 1 is 0.438 bits per heavy atom. The van der Waals surface area contributed by atoms with Gasteiger partial charge in [-0.05, 0) is 133 Å². The second-order valence-electron chi connectivity index (χ2n) is 18.3. The van der Waals surface area contributed by atoms with Crippen molar-refractivity contribution in [2.75, 3.05) is 26.4 Å². The van der Waals surface area contributed by atoms with Gasteiger partial charge in [-0.1, -0.05) is 67.2 Å². The molecule has 330 valence electrons. The maximum absolute atomic E-state index is 6.37. The number of H-pyrrole nitrogens is 2. The summed E-state index contributed by atoms with van der Waals surface area (Å²) < 4.78 is 25.5. The van der Waals surface area contributed by atoms with Crippen LogP contribution in [0.5, 0.6) is 23.0 Å². The predicted octanol–water partition coefficient (Wildman–Crippen LogP) is 13.7. The predicted molar refractivity (Wildman–Crippen MR) is 265 cm³/mol. The van der Waals surface area contributed by atoms with Crippen LogP contribution in [-0.2, 0) is 0 Å². The van der Waals surface area contributed by atoms with Crippen molar-refractivity contribution in [3.05, 3.63) is 94.6 Å². The van der Waals surface area contributed by atoms with Crippen LogP contribution in [0.1, 0.15) is 115 Å². The maximum atomic E-state index is 6.37. The third kappa shape index (κ3) is 11.1. The lowest BCUT2D eigenvalue weighted by molar-refractivity contribution is 0.276. The molecule has 0 saturated carbocycles. The van der Waals surface area contributed by atoms with Crippen molar-refractivity contribution in [3.8, 4) is 69.9 Å². The fourth-order valence-electron chi connectivity index (χ4n) is 7.53. The highest BCUT2D eigenvalue weighted by molar-refractivity contribution is 5.95. The summed E-state index contributed by atoms with van der Waals surface area (Å²) in [7, 11) is 0. The highest BCUT2D eigenvalue weighted by Crippen LogP contribution is 2.39. The lowest BCUT2D eigenvalue weighted by atomic mass is 10.0. The van der Waals surface area contributed by atoms with Crippen molar-refractivity contribution in [3.63, 3.8) is 0 Å². The first-order valence-corrected chi connectivity index (χ1v) is 22.8. The van der Waals surface area contributed by atoms with E-state index in [0.29, 0.717) is 72.6 Å². The minimum Gasteiger partial charge on any atom is -0.493 e. The number of aromatic amines is 2. The van der Waals surface area contributed by atoms with Gasteiger partial charge in [-0.25, -0.2) is 9.97 Å². The second kappa shape index (κ2) is 20.7. The van der Waals surface area contributed by atoms with Crippen LogP contribution in [0.25, 0.3) is 68.6 Å². The number of nitrogens with zero attached hydrogens (tertiary/aromatic N) is 2. The van der Waals surface area contributed by atoms with Crippen molar-refractivity contribution in [2.24, 2.45) is 23.7 Å². The average Bonchev–Trinajstić information content (AvgIpc) is 4.09. The third-order valence-corrected chi connectivity index (χ3v) is 11.2. The number of ether oxygens (including phenoxy) is 4. The summed E-state index contributed by atoms with van der Waals surface area (Å²) in [5.74, 6) is 10.8. The molecule has 2 N–H and O–H groups in total. The molecule has 5 heterocycles. The minimum absolute atomic E-state index is 0.505. The molecule has 8 bridgehead atoms. The Morgan fingerprint density at radius 3 is 1.03 bits per heavy atom. The van der Waals surface area contributed by atoms with Crippen LogP contribution < -0.4 is 18.9 Å². The first kappa shape index (κ1) is 45.4. The topological polar surface area (TPSA) is 94.3 Å². The smallest absolute Gasteiger partial charge is 0.123 e. The third-order valence-electron chi connectivity index (χ3n) is 11.2. The lowest BCUT2D eigenvalue weighted by Gasteiger charge is -2.14. The Morgan fingerprint density at radius 2 is 0.734 bits per heavy atom. The molecule has 2 aliphatic heterocycles. The quantitative estimate of drug-likeness (QED) is 0.0835. The number of aromatic nitrogens is 4. The van der Waals surface area contributed by atoms with E-state index >= 15 is 0 Å². The first-order valence-electron chi connectivity index (χ1n) is 22.8. The largest absolute Gasteiger partial charge is 0.493 e. The fraction of sp³-hybridized carbons (Fsp3) is 0.357. The molecule has 3 aromatic heterocycles. The van der Waals surface area contributed by atoms with Gasteiger partial charge >= 0.3 is 0 Å². The van der Waals surface area contributed by atoms with Gasteiger partial charge in [0.2, 0.25) is 0 Å². The molecule has 8 heteroatoms. The normalized spacial score (nSPS) is 12.0. The summed E-state index contributed by atoms with van der Waals surface area (Å²) in [6.07, 6.45) is 24.4. The summed E-state index contributed by atoms with van der Waals surface area (Å²) in [6, 6.07) is 20.3. The molecule has 0 saturated heterocycles. The van der Waals surface area contributed by atoms with Gasteiger partial charge in [0.15, 0.2) is 0 Å². The van der Waals surface area contributed by atoms with Gasteiger partial charge in [-0.2, -0.15) is 0 Å². The van der Waals surface area contributed by atoms with E-state index in [0.717, 1.165) is 104 Å². The van der Waals surface area contributed by atoms with E-state index in [-0.39, 0.29) is 0 Å². The highest BCUT2D eigenvalue weighted by Gasteiger charge is 2.19. The van der Waals surface area contributed by atoms with Crippen molar-refractivity contribution >= 4 is 46.4 Å². The molecule has 0 amide bonds. The summed E-state index contributed by atoms with van der Waals surface area (Å²) >= 11 is 0. The van der Waals surface area contributed by atoms with E-state index in [1.807, 2.05) is 60.7 Å². The minimum atomic E-state index is 0.505. The molecular formula is C56H62N4O4. The van der Waals surface area contributed by atoms with Crippen molar-refractivity contribution in [2.45, 2.75) is 81.1 Å². The van der Waals surface area contributed by atoms with Crippen LogP contribution in [0.4, 0.5) is 0 Å². The van der Waals surface area contributed by atoms with Crippen LogP contribution in [0.15, 0.2) is 60.7 Å². The zero-order valence-electron chi connectivity index (χ0n) is 38.7. The fourth-order valence-corrected chi connectivity index (χ4v) is 7.53. The molecule has 7 rings (SSSR count). The van der Waals surface area contributed by atoms with E-state index < -0.39 is 0 Å². The number of hydrogen-bond acceptors (Lipinski definition) is 6. The molecule has 0 radical (unpaired) electrons. The molecule has 5 aromatic rings. The van der Waals surface area contributed by atoms with Crippen molar-refractivity contribution in [1.82, 2.24) is 19.9 Å². The van der Waals surface area contributed by atoms with E-state index in [4.69, 9.17) is 41.8 Å². The van der Waals surface area contributed by atoms with E-state index in [2.05, 4.69) is 101 Å². The molecule has 0 fully saturated rings. The highest BCUT2D eigenvalue weighted by atomic mass is 16.5. The Balaban J connectivity index is 1.48. The molecule has 64 heavy (non-hydrogen) atoms. The molecular weight excluding hydrogens is 793 g/mol. The van der Waals surface area contributed by atoms with Gasteiger partial charge in [0.25, 0.3) is 0 Å². The second-order valence-corrected chi connectivity index (χ2v) is 18.3. The number of nitrogens with one attached hydrogen (secondary N) is 2. The number of hydrogen-bond donors (Lipinski definition) is 2. The summed E-state index contributed by atoms with van der Waals surface area (Å²) in [5, 5.41) is 0. The Labute approximate surface area is 379 Å². The standard InChI is InChI=1S/C56H62N4O4/c1-11-45-47-13-17-51(57-47)55(39-29-41(61-25-21-35(3)4)33-42(30-39)62-26-22-36(5)6)53-19-15-49(59-53)46(12-2)50-16-20-54(60-50)56(52-18-14-48(45)58-52)40-31-43(63-27-23-37(7)8)34-44(32-40)64-28-24-38(9)10/h1-2,13-20,29-38,57,60H,21-28H2,3-10H3. The Hall–Kier alpha value is -6.64. The lowest BCUT2D eigenvalue weighted by Crippen LogP contribution is -2.04. The molecule has 2 aliphatic rings. The van der Waals surface area contributed by atoms with Gasteiger partial charge in [-0.15, -0.1) is 12.8 Å². The molecule has 0 unspecified atom stereocenters. The van der Waals surface area contributed by atoms with Gasteiger partial charge in [0.1, 0.15) is 23.0 Å². The maximum Gasteiger partial charge on any atom is 0.123 e. The monoisotopic (exact) mass is 854 g/mol. The molecule has 8 nitrogen and oxygen atoms in total. The summed E-state index contributed by atoms with van der Waals surface area (Å²) in [6.45, 7) is 19.9. The SMILES string of the molecule is C#Cc1c2nc(c(-c3cc(OCCC(C)C)cc(OCCC(C)C)c3)c3ccc([nH]3)c(C#C)c3nc(c(-c4cc(OCCC(C)C)cc(OCCC(C)C)c4)c4ccc1[nH]4)C=C3)C=C2. The number of fused-ring (bicyclic) bond motifs is 8. The van der Waals surface area contributed by atoms with Gasteiger partial charge in [0.05, 0.1) is 71.4 Å². The van der Waals surface area contributed by atoms with Crippen LogP contribution in [0.2, 0.25) is 0 Å². The van der Waals surface area contributed by atoms with Crippen LogP contribution in [0, 0.1) is 48.4 Å². The van der Waals surface area contributed by atoms with E-state index in [9.17, 15) is 0 Å². The number of rotatable bonds is 18. The zero-order chi connectivity index (χ0) is 45.3. The van der Waals surface area contributed by atoms with Gasteiger partial charge < -0.3 is 28.9 Å². The van der Waals surface area contributed by atoms with Gasteiger partial charge in [-0.3, -0.25) is 0 Å². The zero-order valence-corrected chi connectivity index (χ0v) is 38.7. The van der Waals surface area contributed by atoms with Crippen LogP contribution in [-0.4, -0.2) is 46.4 Å². The van der Waals surface area contributed by atoms with Crippen LogP contribution >= 0.6 is 0 Å². The van der Waals surface area contributed by atoms with Crippen molar-refractivity contribution in [1.29, 1.82) is 0 Å². The molecule has 0 aliphatic carbocycles. The average molecular weight is 855 g/mol. The van der Waals surface area contributed by atoms with E-state index in [1.165, 1.54) is 0 Å². The Kier molecular flexibility index (Phi) is 14.7. The first-order chi connectivity index (χ1) is 30.9.